The van der Waals surface area contributed by atoms with E-state index in [1.54, 1.807) is 24.5 Å². The number of carbonyl (C=O) groups excluding carboxylic acids is 1. The summed E-state index contributed by atoms with van der Waals surface area (Å²) in [5.41, 5.74) is 5.48. The molecule has 1 heterocycles. The van der Waals surface area contributed by atoms with Crippen molar-refractivity contribution in [3.8, 4) is 0 Å². The Morgan fingerprint density at radius 3 is 2.53 bits per heavy atom. The lowest BCUT2D eigenvalue weighted by Gasteiger charge is -2.29. The molecule has 4 heteroatoms. The Morgan fingerprint density at radius 1 is 1.53 bits per heavy atom. The fourth-order valence-electron chi connectivity index (χ4n) is 1.83. The van der Waals surface area contributed by atoms with Gasteiger partial charge in [-0.1, -0.05) is 6.92 Å². The van der Waals surface area contributed by atoms with Crippen molar-refractivity contribution in [3.63, 3.8) is 0 Å². The molecule has 0 aliphatic carbocycles. The Morgan fingerprint density at radius 2 is 2.13 bits per heavy atom. The van der Waals surface area contributed by atoms with Gasteiger partial charge in [0, 0.05) is 19.0 Å². The zero-order valence-corrected chi connectivity index (χ0v) is 8.81. The molecule has 1 atom stereocenters. The van der Waals surface area contributed by atoms with Crippen LogP contribution >= 0.6 is 0 Å². The molecule has 15 heavy (non-hydrogen) atoms. The molecule has 1 aromatic rings. The molecule has 0 saturated heterocycles. The average Bonchev–Trinajstić information content (AvgIpc) is 2.26. The van der Waals surface area contributed by atoms with Crippen LogP contribution in [0.5, 0.6) is 0 Å². The number of carbonyl (C=O) groups is 1. The van der Waals surface area contributed by atoms with Crippen LogP contribution in [0.1, 0.15) is 25.3 Å². The molecular formula is C11H16N2O2. The van der Waals surface area contributed by atoms with Crippen molar-refractivity contribution in [1.29, 1.82) is 0 Å². The van der Waals surface area contributed by atoms with E-state index in [0.717, 1.165) is 5.56 Å². The topological polar surface area (TPSA) is 76.2 Å². The number of amides is 1. The van der Waals surface area contributed by atoms with E-state index in [1.807, 2.05) is 6.92 Å². The van der Waals surface area contributed by atoms with E-state index in [-0.39, 0.29) is 6.61 Å². The minimum atomic E-state index is -0.766. The predicted molar refractivity (Wildman–Crippen MR) is 57.1 cm³/mol. The largest absolute Gasteiger partial charge is 0.396 e. The van der Waals surface area contributed by atoms with Crippen LogP contribution in [-0.4, -0.2) is 22.6 Å². The minimum Gasteiger partial charge on any atom is -0.396 e. The zero-order valence-electron chi connectivity index (χ0n) is 8.81. The molecule has 0 bridgehead atoms. The number of pyridine rings is 1. The van der Waals surface area contributed by atoms with Gasteiger partial charge in [-0.2, -0.15) is 0 Å². The van der Waals surface area contributed by atoms with Gasteiger partial charge in [0.2, 0.25) is 5.91 Å². The highest BCUT2D eigenvalue weighted by atomic mass is 16.3. The van der Waals surface area contributed by atoms with Crippen LogP contribution in [0.2, 0.25) is 0 Å². The number of hydrogen-bond acceptors (Lipinski definition) is 3. The maximum absolute atomic E-state index is 11.5. The molecule has 1 aromatic heterocycles. The quantitative estimate of drug-likeness (QED) is 0.743. The van der Waals surface area contributed by atoms with E-state index in [0.29, 0.717) is 12.8 Å². The van der Waals surface area contributed by atoms with Gasteiger partial charge in [0.25, 0.3) is 0 Å². The number of primary amides is 1. The summed E-state index contributed by atoms with van der Waals surface area (Å²) < 4.78 is 0. The molecule has 0 aliphatic rings. The van der Waals surface area contributed by atoms with E-state index in [4.69, 9.17) is 10.8 Å². The number of hydrogen-bond donors (Lipinski definition) is 2. The van der Waals surface area contributed by atoms with Crippen LogP contribution in [-0.2, 0) is 10.2 Å². The standard InChI is InChI=1S/C11H16N2O2/c1-2-11(5-8-14,10(12)15)9-3-6-13-7-4-9/h3-4,6-7,14H,2,5,8H2,1H3,(H2,12,15). The van der Waals surface area contributed by atoms with Crippen LogP contribution in [0.25, 0.3) is 0 Å². The molecular weight excluding hydrogens is 192 g/mol. The zero-order chi connectivity index (χ0) is 11.3. The first kappa shape index (κ1) is 11.7. The number of aromatic nitrogens is 1. The summed E-state index contributed by atoms with van der Waals surface area (Å²) in [6.45, 7) is 1.83. The Hall–Kier alpha value is -1.42. The van der Waals surface area contributed by atoms with Crippen molar-refractivity contribution in [2.75, 3.05) is 6.61 Å². The molecule has 0 saturated carbocycles. The number of nitrogens with zero attached hydrogens (tertiary/aromatic N) is 1. The van der Waals surface area contributed by atoms with E-state index in [2.05, 4.69) is 4.98 Å². The third kappa shape index (κ3) is 2.15. The first-order chi connectivity index (χ1) is 7.17. The first-order valence-electron chi connectivity index (χ1n) is 4.98. The summed E-state index contributed by atoms with van der Waals surface area (Å²) in [6, 6.07) is 3.54. The van der Waals surface area contributed by atoms with Crippen LogP contribution < -0.4 is 5.73 Å². The molecule has 0 aliphatic heterocycles. The Bertz CT molecular complexity index is 327. The highest BCUT2D eigenvalue weighted by Gasteiger charge is 2.35. The van der Waals surface area contributed by atoms with Crippen molar-refractivity contribution in [2.45, 2.75) is 25.2 Å². The SMILES string of the molecule is CCC(CCO)(C(N)=O)c1ccncc1. The van der Waals surface area contributed by atoms with Gasteiger partial charge in [0.15, 0.2) is 0 Å². The lowest BCUT2D eigenvalue weighted by Crippen LogP contribution is -2.41. The summed E-state index contributed by atoms with van der Waals surface area (Å²) in [5.74, 6) is -0.398. The van der Waals surface area contributed by atoms with Crippen molar-refractivity contribution in [1.82, 2.24) is 4.98 Å². The normalized spacial score (nSPS) is 14.5. The summed E-state index contributed by atoms with van der Waals surface area (Å²) >= 11 is 0. The highest BCUT2D eigenvalue weighted by molar-refractivity contribution is 5.86. The van der Waals surface area contributed by atoms with Gasteiger partial charge in [-0.3, -0.25) is 9.78 Å². The van der Waals surface area contributed by atoms with Gasteiger partial charge in [-0.05, 0) is 30.5 Å². The van der Waals surface area contributed by atoms with E-state index < -0.39 is 11.3 Å². The van der Waals surface area contributed by atoms with Gasteiger partial charge in [-0.15, -0.1) is 0 Å². The number of nitrogens with two attached hydrogens (primary N) is 1. The lowest BCUT2D eigenvalue weighted by molar-refractivity contribution is -0.124. The molecule has 0 radical (unpaired) electrons. The van der Waals surface area contributed by atoms with Gasteiger partial charge in [0.1, 0.15) is 0 Å². The van der Waals surface area contributed by atoms with Crippen molar-refractivity contribution in [3.05, 3.63) is 30.1 Å². The predicted octanol–water partition coefficient (Wildman–Crippen LogP) is 0.597. The smallest absolute Gasteiger partial charge is 0.228 e. The summed E-state index contributed by atoms with van der Waals surface area (Å²) in [5, 5.41) is 9.02. The molecule has 4 nitrogen and oxygen atoms in total. The summed E-state index contributed by atoms with van der Waals surface area (Å²) in [6.07, 6.45) is 4.18. The van der Waals surface area contributed by atoms with E-state index in [9.17, 15) is 4.79 Å². The second-order valence-corrected chi connectivity index (χ2v) is 3.51. The van der Waals surface area contributed by atoms with Crippen molar-refractivity contribution in [2.24, 2.45) is 5.73 Å². The van der Waals surface area contributed by atoms with Crippen LogP contribution in [0.4, 0.5) is 0 Å². The molecule has 82 valence electrons. The van der Waals surface area contributed by atoms with Crippen molar-refractivity contribution >= 4 is 5.91 Å². The molecule has 0 spiro atoms. The number of aliphatic hydroxyl groups is 1. The third-order valence-corrected chi connectivity index (χ3v) is 2.85. The molecule has 1 rings (SSSR count). The maximum Gasteiger partial charge on any atom is 0.228 e. The fourth-order valence-corrected chi connectivity index (χ4v) is 1.83. The molecule has 1 unspecified atom stereocenters. The average molecular weight is 208 g/mol. The second kappa shape index (κ2) is 4.89. The number of rotatable bonds is 5. The molecule has 1 amide bonds. The monoisotopic (exact) mass is 208 g/mol. The van der Waals surface area contributed by atoms with E-state index >= 15 is 0 Å². The van der Waals surface area contributed by atoms with Gasteiger partial charge in [-0.25, -0.2) is 0 Å². The Kier molecular flexibility index (Phi) is 3.80. The van der Waals surface area contributed by atoms with Crippen LogP contribution in [0, 0.1) is 0 Å². The van der Waals surface area contributed by atoms with Crippen molar-refractivity contribution < 1.29 is 9.90 Å². The highest BCUT2D eigenvalue weighted by Crippen LogP contribution is 2.30. The van der Waals surface area contributed by atoms with Gasteiger partial charge < -0.3 is 10.8 Å². The van der Waals surface area contributed by atoms with E-state index in [1.165, 1.54) is 0 Å². The molecule has 0 fully saturated rings. The van der Waals surface area contributed by atoms with Gasteiger partial charge in [0.05, 0.1) is 5.41 Å². The number of aliphatic hydroxyl groups excluding tert-OH is 1. The van der Waals surface area contributed by atoms with Gasteiger partial charge >= 0.3 is 0 Å². The fraction of sp³-hybridized carbons (Fsp3) is 0.455. The van der Waals surface area contributed by atoms with Crippen LogP contribution in [0.3, 0.4) is 0 Å². The minimum absolute atomic E-state index is 0.0564. The molecule has 3 N–H and O–H groups in total. The lowest BCUT2D eigenvalue weighted by atomic mass is 9.75. The molecule has 0 aromatic carbocycles. The Labute approximate surface area is 89.1 Å². The summed E-state index contributed by atoms with van der Waals surface area (Å²) in [4.78, 5) is 15.4. The summed E-state index contributed by atoms with van der Waals surface area (Å²) in [7, 11) is 0. The first-order valence-corrected chi connectivity index (χ1v) is 4.98. The maximum atomic E-state index is 11.5. The van der Waals surface area contributed by atoms with Crippen LogP contribution in [0.15, 0.2) is 24.5 Å². The Balaban J connectivity index is 3.15. The second-order valence-electron chi connectivity index (χ2n) is 3.51. The third-order valence-electron chi connectivity index (χ3n) is 2.85.